The highest BCUT2D eigenvalue weighted by Gasteiger charge is 2.18. The lowest BCUT2D eigenvalue weighted by atomic mass is 10.1. The zero-order valence-electron chi connectivity index (χ0n) is 11.7. The number of hydrogen-bond acceptors (Lipinski definition) is 4. The lowest BCUT2D eigenvalue weighted by Crippen LogP contribution is -2.24. The van der Waals surface area contributed by atoms with Crippen LogP contribution in [0.1, 0.15) is 23.7 Å². The maximum absolute atomic E-state index is 4.84. The number of nitrogens with zero attached hydrogens (tertiary/aromatic N) is 2. The SMILES string of the molecule is CCNC(Cc1nccs1)c1nc2ccccc2cc1Br. The first-order valence-corrected chi connectivity index (χ1v) is 8.62. The van der Waals surface area contributed by atoms with Gasteiger partial charge < -0.3 is 5.32 Å². The number of pyridine rings is 1. The smallest absolute Gasteiger partial charge is 0.0944 e. The molecule has 0 saturated heterocycles. The molecular weight excluding hydrogens is 346 g/mol. The van der Waals surface area contributed by atoms with Crippen LogP contribution in [0.25, 0.3) is 10.9 Å². The molecule has 0 spiro atoms. The molecule has 21 heavy (non-hydrogen) atoms. The molecule has 3 aromatic rings. The van der Waals surface area contributed by atoms with E-state index in [1.54, 1.807) is 11.3 Å². The predicted octanol–water partition coefficient (Wildman–Crippen LogP) is 4.35. The summed E-state index contributed by atoms with van der Waals surface area (Å²) in [6.45, 7) is 3.01. The van der Waals surface area contributed by atoms with E-state index < -0.39 is 0 Å². The Morgan fingerprint density at radius 2 is 2.19 bits per heavy atom. The first kappa shape index (κ1) is 14.6. The van der Waals surface area contributed by atoms with Gasteiger partial charge in [0.2, 0.25) is 0 Å². The van der Waals surface area contributed by atoms with Crippen LogP contribution in [0.15, 0.2) is 46.4 Å². The molecule has 0 saturated carbocycles. The first-order chi connectivity index (χ1) is 10.3. The van der Waals surface area contributed by atoms with Crippen molar-refractivity contribution in [3.63, 3.8) is 0 Å². The number of thiazole rings is 1. The summed E-state index contributed by atoms with van der Waals surface area (Å²) in [6.07, 6.45) is 2.71. The van der Waals surface area contributed by atoms with Gasteiger partial charge in [0, 0.05) is 27.9 Å². The molecule has 3 rings (SSSR count). The molecule has 5 heteroatoms. The summed E-state index contributed by atoms with van der Waals surface area (Å²) in [5.74, 6) is 0. The zero-order valence-corrected chi connectivity index (χ0v) is 14.1. The molecule has 1 atom stereocenters. The molecule has 108 valence electrons. The third-order valence-corrected chi connectivity index (χ3v) is 4.78. The van der Waals surface area contributed by atoms with Gasteiger partial charge in [0.1, 0.15) is 0 Å². The molecule has 0 bridgehead atoms. The maximum atomic E-state index is 4.84. The Bertz CT molecular complexity index is 727. The minimum absolute atomic E-state index is 0.167. The largest absolute Gasteiger partial charge is 0.309 e. The Morgan fingerprint density at radius 1 is 1.33 bits per heavy atom. The summed E-state index contributed by atoms with van der Waals surface area (Å²) >= 11 is 5.36. The number of fused-ring (bicyclic) bond motifs is 1. The van der Waals surface area contributed by atoms with Crippen molar-refractivity contribution in [2.75, 3.05) is 6.54 Å². The molecule has 1 N–H and O–H groups in total. The molecule has 2 aromatic heterocycles. The van der Waals surface area contributed by atoms with Crippen molar-refractivity contribution in [3.8, 4) is 0 Å². The fourth-order valence-corrected chi connectivity index (χ4v) is 3.66. The van der Waals surface area contributed by atoms with Crippen LogP contribution in [-0.4, -0.2) is 16.5 Å². The minimum atomic E-state index is 0.167. The Hall–Kier alpha value is -1.30. The van der Waals surface area contributed by atoms with E-state index >= 15 is 0 Å². The number of rotatable bonds is 5. The number of nitrogens with one attached hydrogen (secondary N) is 1. The van der Waals surface area contributed by atoms with Crippen LogP contribution in [0.2, 0.25) is 0 Å². The Morgan fingerprint density at radius 3 is 2.95 bits per heavy atom. The van der Waals surface area contributed by atoms with E-state index in [0.717, 1.165) is 39.0 Å². The highest BCUT2D eigenvalue weighted by molar-refractivity contribution is 9.10. The number of benzene rings is 1. The Balaban J connectivity index is 1.99. The molecule has 0 amide bonds. The second kappa shape index (κ2) is 6.64. The summed E-state index contributed by atoms with van der Waals surface area (Å²) in [6, 6.07) is 10.5. The molecule has 0 fully saturated rings. The normalized spacial score (nSPS) is 12.7. The Kier molecular flexibility index (Phi) is 4.63. The van der Waals surface area contributed by atoms with E-state index in [4.69, 9.17) is 4.98 Å². The molecular formula is C16H16BrN3S. The zero-order chi connectivity index (χ0) is 14.7. The van der Waals surface area contributed by atoms with Gasteiger partial charge in [-0.15, -0.1) is 11.3 Å². The number of para-hydroxylation sites is 1. The summed E-state index contributed by atoms with van der Waals surface area (Å²) in [4.78, 5) is 9.23. The van der Waals surface area contributed by atoms with Crippen LogP contribution in [0.4, 0.5) is 0 Å². The van der Waals surface area contributed by atoms with Gasteiger partial charge >= 0.3 is 0 Å². The van der Waals surface area contributed by atoms with Crippen molar-refractivity contribution >= 4 is 38.2 Å². The van der Waals surface area contributed by atoms with E-state index in [9.17, 15) is 0 Å². The van der Waals surface area contributed by atoms with Gasteiger partial charge in [0.05, 0.1) is 22.3 Å². The molecule has 1 aromatic carbocycles. The molecule has 1 unspecified atom stereocenters. The predicted molar refractivity (Wildman–Crippen MR) is 91.7 cm³/mol. The fourth-order valence-electron chi connectivity index (χ4n) is 2.39. The van der Waals surface area contributed by atoms with Crippen molar-refractivity contribution in [1.82, 2.24) is 15.3 Å². The number of aromatic nitrogens is 2. The molecule has 0 aliphatic heterocycles. The summed E-state index contributed by atoms with van der Waals surface area (Å²) in [5.41, 5.74) is 2.07. The molecule has 0 radical (unpaired) electrons. The molecule has 2 heterocycles. The topological polar surface area (TPSA) is 37.8 Å². The van der Waals surface area contributed by atoms with Crippen molar-refractivity contribution in [1.29, 1.82) is 0 Å². The Labute approximate surface area is 136 Å². The van der Waals surface area contributed by atoms with Crippen molar-refractivity contribution in [2.24, 2.45) is 0 Å². The van der Waals surface area contributed by atoms with Crippen LogP contribution in [-0.2, 0) is 6.42 Å². The van der Waals surface area contributed by atoms with Crippen molar-refractivity contribution in [3.05, 3.63) is 57.1 Å². The fraction of sp³-hybridized carbons (Fsp3) is 0.250. The van der Waals surface area contributed by atoms with E-state index in [1.165, 1.54) is 0 Å². The van der Waals surface area contributed by atoms with Gasteiger partial charge in [-0.05, 0) is 34.6 Å². The van der Waals surface area contributed by atoms with Gasteiger partial charge in [0.25, 0.3) is 0 Å². The van der Waals surface area contributed by atoms with Gasteiger partial charge in [-0.1, -0.05) is 25.1 Å². The van der Waals surface area contributed by atoms with E-state index in [-0.39, 0.29) is 6.04 Å². The van der Waals surface area contributed by atoms with E-state index in [2.05, 4.69) is 51.4 Å². The second-order valence-corrected chi connectivity index (χ2v) is 6.62. The highest BCUT2D eigenvalue weighted by Crippen LogP contribution is 2.28. The monoisotopic (exact) mass is 361 g/mol. The third kappa shape index (κ3) is 3.31. The summed E-state index contributed by atoms with van der Waals surface area (Å²) in [7, 11) is 0. The number of hydrogen-bond donors (Lipinski definition) is 1. The quantitative estimate of drug-likeness (QED) is 0.733. The van der Waals surface area contributed by atoms with Gasteiger partial charge in [-0.3, -0.25) is 0 Å². The van der Waals surface area contributed by atoms with Crippen LogP contribution in [0.5, 0.6) is 0 Å². The van der Waals surface area contributed by atoms with Crippen LogP contribution < -0.4 is 5.32 Å². The lowest BCUT2D eigenvalue weighted by molar-refractivity contribution is 0.535. The third-order valence-electron chi connectivity index (χ3n) is 3.35. The number of likely N-dealkylation sites (N-methyl/N-ethyl adjacent to an activating group) is 1. The average Bonchev–Trinajstić information content (AvgIpc) is 2.99. The van der Waals surface area contributed by atoms with Crippen LogP contribution in [0, 0.1) is 0 Å². The van der Waals surface area contributed by atoms with Gasteiger partial charge in [0.15, 0.2) is 0 Å². The second-order valence-electron chi connectivity index (χ2n) is 4.79. The minimum Gasteiger partial charge on any atom is -0.309 e. The highest BCUT2D eigenvalue weighted by atomic mass is 79.9. The molecule has 0 aliphatic carbocycles. The van der Waals surface area contributed by atoms with Gasteiger partial charge in [-0.25, -0.2) is 9.97 Å². The standard InChI is InChI=1S/C16H16BrN3S/c1-2-18-14(10-15-19-7-8-21-15)16-12(17)9-11-5-3-4-6-13(11)20-16/h3-9,14,18H,2,10H2,1H3. The molecule has 0 aliphatic rings. The van der Waals surface area contributed by atoms with Crippen molar-refractivity contribution in [2.45, 2.75) is 19.4 Å². The molecule has 3 nitrogen and oxygen atoms in total. The van der Waals surface area contributed by atoms with Gasteiger partial charge in [-0.2, -0.15) is 0 Å². The first-order valence-electron chi connectivity index (χ1n) is 6.95. The van der Waals surface area contributed by atoms with Crippen molar-refractivity contribution < 1.29 is 0 Å². The lowest BCUT2D eigenvalue weighted by Gasteiger charge is -2.18. The van der Waals surface area contributed by atoms with E-state index in [0.29, 0.717) is 0 Å². The van der Waals surface area contributed by atoms with E-state index in [1.807, 2.05) is 23.7 Å². The maximum Gasteiger partial charge on any atom is 0.0944 e. The van der Waals surface area contributed by atoms with Crippen LogP contribution in [0.3, 0.4) is 0 Å². The number of halogens is 1. The van der Waals surface area contributed by atoms with Crippen LogP contribution >= 0.6 is 27.3 Å². The summed E-state index contributed by atoms with van der Waals surface area (Å²) < 4.78 is 1.05. The summed E-state index contributed by atoms with van der Waals surface area (Å²) in [5, 5.41) is 7.81. The average molecular weight is 362 g/mol.